The second kappa shape index (κ2) is 7.32. The average Bonchev–Trinajstić information content (AvgIpc) is 2.53. The minimum absolute atomic E-state index is 0.0358. The lowest BCUT2D eigenvalue weighted by molar-refractivity contribution is 0.186. The summed E-state index contributed by atoms with van der Waals surface area (Å²) in [6.07, 6.45) is 7.52. The predicted molar refractivity (Wildman–Crippen MR) is 101 cm³/mol. The minimum atomic E-state index is -3.54. The lowest BCUT2D eigenvalue weighted by Gasteiger charge is -2.28. The van der Waals surface area contributed by atoms with Crippen LogP contribution in [-0.2, 0) is 9.84 Å². The molecule has 1 aromatic rings. The van der Waals surface area contributed by atoms with Crippen molar-refractivity contribution in [1.82, 2.24) is 9.88 Å². The summed E-state index contributed by atoms with van der Waals surface area (Å²) in [6.45, 7) is 9.08. The number of rotatable bonds is 2. The third-order valence-corrected chi connectivity index (χ3v) is 6.18. The maximum absolute atomic E-state index is 12.9. The van der Waals surface area contributed by atoms with E-state index in [2.05, 4.69) is 23.8 Å². The molecule has 140 valence electrons. The van der Waals surface area contributed by atoms with Crippen molar-refractivity contribution in [2.75, 3.05) is 19.0 Å². The van der Waals surface area contributed by atoms with Gasteiger partial charge in [-0.2, -0.15) is 4.98 Å². The largest absolute Gasteiger partial charge is 0.475 e. The highest BCUT2D eigenvalue weighted by Gasteiger charge is 2.28. The van der Waals surface area contributed by atoms with Gasteiger partial charge in [-0.15, -0.1) is 0 Å². The van der Waals surface area contributed by atoms with Gasteiger partial charge in [0.2, 0.25) is 5.88 Å². The maximum Gasteiger partial charge on any atom is 0.234 e. The molecule has 0 radical (unpaired) electrons. The second-order valence-corrected chi connectivity index (χ2v) is 9.07. The van der Waals surface area contributed by atoms with E-state index in [0.29, 0.717) is 29.8 Å². The van der Waals surface area contributed by atoms with Crippen molar-refractivity contribution >= 4 is 15.9 Å². The van der Waals surface area contributed by atoms with Gasteiger partial charge in [0.1, 0.15) is 17.4 Å². The first-order chi connectivity index (χ1) is 12.3. The van der Waals surface area contributed by atoms with Crippen molar-refractivity contribution in [2.45, 2.75) is 38.6 Å². The molecule has 0 saturated heterocycles. The molecule has 6 nitrogen and oxygen atoms in total. The summed E-state index contributed by atoms with van der Waals surface area (Å²) in [5.41, 5.74) is 1.56. The molecule has 0 fully saturated rings. The number of aromatic nitrogens is 1. The SMILES string of the molecule is CC(C)C1=CN=c2nc3c(cc2=CC=C1)S(=O)(=O)CN(C(C)C)CCO3. The highest BCUT2D eigenvalue weighted by atomic mass is 32.2. The molecule has 0 atom stereocenters. The zero-order chi connectivity index (χ0) is 18.9. The number of sulfone groups is 1. The average molecular weight is 375 g/mol. The van der Waals surface area contributed by atoms with E-state index >= 15 is 0 Å². The summed E-state index contributed by atoms with van der Waals surface area (Å²) >= 11 is 0. The fourth-order valence-electron chi connectivity index (χ4n) is 2.84. The van der Waals surface area contributed by atoms with Gasteiger partial charge in [0, 0.05) is 24.0 Å². The first kappa shape index (κ1) is 18.8. The van der Waals surface area contributed by atoms with E-state index in [-0.39, 0.29) is 22.7 Å². The molecular formula is C19H25N3O3S. The molecule has 2 aliphatic rings. The van der Waals surface area contributed by atoms with Crippen LogP contribution in [0.3, 0.4) is 0 Å². The van der Waals surface area contributed by atoms with Crippen LogP contribution in [0, 0.1) is 5.92 Å². The zero-order valence-electron chi connectivity index (χ0n) is 15.6. The number of ether oxygens (including phenoxy) is 1. The molecule has 7 heteroatoms. The molecule has 1 aromatic heterocycles. The molecule has 3 rings (SSSR count). The van der Waals surface area contributed by atoms with Crippen LogP contribution in [0.1, 0.15) is 27.7 Å². The Morgan fingerprint density at radius 1 is 1.23 bits per heavy atom. The van der Waals surface area contributed by atoms with Gasteiger partial charge in [-0.3, -0.25) is 4.90 Å². The summed E-state index contributed by atoms with van der Waals surface area (Å²) in [5.74, 6) is 0.451. The van der Waals surface area contributed by atoms with Gasteiger partial charge in [-0.05, 0) is 31.4 Å². The van der Waals surface area contributed by atoms with Crippen molar-refractivity contribution in [3.63, 3.8) is 0 Å². The Hall–Kier alpha value is -1.99. The van der Waals surface area contributed by atoms with Crippen molar-refractivity contribution in [3.05, 3.63) is 40.7 Å². The van der Waals surface area contributed by atoms with Gasteiger partial charge in [-0.25, -0.2) is 13.4 Å². The summed E-state index contributed by atoms with van der Waals surface area (Å²) in [7, 11) is -3.54. The topological polar surface area (TPSA) is 71.9 Å². The normalized spacial score (nSPS) is 19.7. The van der Waals surface area contributed by atoms with Crippen LogP contribution >= 0.6 is 0 Å². The molecule has 0 saturated carbocycles. The Bertz CT molecular complexity index is 976. The van der Waals surface area contributed by atoms with Crippen LogP contribution in [0.4, 0.5) is 0 Å². The molecule has 0 bridgehead atoms. The fourth-order valence-corrected chi connectivity index (χ4v) is 4.52. The standard InChI is InChI=1S/C19H25N3O3S/c1-13(2)16-7-5-6-15-10-17-19(21-18(15)20-11-16)25-9-8-22(14(3)4)12-26(17,23)24/h5-7,10-11,13-14H,8-9,12H2,1-4H3. The van der Waals surface area contributed by atoms with E-state index in [0.717, 1.165) is 5.57 Å². The lowest BCUT2D eigenvalue weighted by Crippen LogP contribution is -2.41. The lowest BCUT2D eigenvalue weighted by atomic mass is 10.0. The second-order valence-electron chi connectivity index (χ2n) is 7.14. The van der Waals surface area contributed by atoms with Crippen molar-refractivity contribution in [2.24, 2.45) is 10.9 Å². The molecule has 0 amide bonds. The maximum atomic E-state index is 12.9. The number of pyridine rings is 1. The molecule has 0 aliphatic carbocycles. The van der Waals surface area contributed by atoms with E-state index in [1.54, 1.807) is 12.3 Å². The molecule has 0 unspecified atom stereocenters. The number of hydrogen-bond donors (Lipinski definition) is 0. The van der Waals surface area contributed by atoms with Crippen molar-refractivity contribution in [3.8, 4) is 5.88 Å². The minimum Gasteiger partial charge on any atom is -0.475 e. The Labute approximate surface area is 154 Å². The van der Waals surface area contributed by atoms with E-state index in [4.69, 9.17) is 4.74 Å². The summed E-state index contributed by atoms with van der Waals surface area (Å²) in [5, 5.41) is 0.669. The molecule has 2 aliphatic heterocycles. The van der Waals surface area contributed by atoms with E-state index in [9.17, 15) is 8.42 Å². The van der Waals surface area contributed by atoms with Gasteiger partial charge >= 0.3 is 0 Å². The van der Waals surface area contributed by atoms with Crippen LogP contribution in [0.25, 0.3) is 6.08 Å². The Morgan fingerprint density at radius 3 is 2.69 bits per heavy atom. The van der Waals surface area contributed by atoms with Gasteiger partial charge in [-0.1, -0.05) is 32.1 Å². The van der Waals surface area contributed by atoms with Crippen LogP contribution < -0.4 is 15.4 Å². The quantitative estimate of drug-likeness (QED) is 0.782. The third-order valence-electron chi connectivity index (χ3n) is 4.55. The summed E-state index contributed by atoms with van der Waals surface area (Å²) < 4.78 is 31.5. The van der Waals surface area contributed by atoms with E-state index in [1.807, 2.05) is 37.0 Å². The smallest absolute Gasteiger partial charge is 0.234 e. The predicted octanol–water partition coefficient (Wildman–Crippen LogP) is 1.43. The van der Waals surface area contributed by atoms with Gasteiger partial charge in [0.05, 0.1) is 0 Å². The van der Waals surface area contributed by atoms with Crippen LogP contribution in [0.15, 0.2) is 39.9 Å². The molecule has 26 heavy (non-hydrogen) atoms. The Balaban J connectivity index is 2.15. The van der Waals surface area contributed by atoms with Gasteiger partial charge < -0.3 is 4.74 Å². The molecule has 3 heterocycles. The molecular weight excluding hydrogens is 350 g/mol. The molecule has 0 spiro atoms. The zero-order valence-corrected chi connectivity index (χ0v) is 16.5. The van der Waals surface area contributed by atoms with Crippen molar-refractivity contribution in [1.29, 1.82) is 0 Å². The number of allylic oxidation sites excluding steroid dienone is 3. The monoisotopic (exact) mass is 375 g/mol. The summed E-state index contributed by atoms with van der Waals surface area (Å²) in [6, 6.07) is 1.75. The number of hydrogen-bond acceptors (Lipinski definition) is 6. The number of fused-ring (bicyclic) bond motifs is 2. The fraction of sp³-hybridized carbons (Fsp3) is 0.474. The summed E-state index contributed by atoms with van der Waals surface area (Å²) in [4.78, 5) is 10.9. The third kappa shape index (κ3) is 3.88. The molecule has 0 N–H and O–H groups in total. The molecule has 0 aromatic carbocycles. The van der Waals surface area contributed by atoms with E-state index in [1.165, 1.54) is 0 Å². The first-order valence-electron chi connectivity index (χ1n) is 8.85. The van der Waals surface area contributed by atoms with Crippen LogP contribution in [-0.4, -0.2) is 43.4 Å². The van der Waals surface area contributed by atoms with Crippen LogP contribution in [0.2, 0.25) is 0 Å². The first-order valence-corrected chi connectivity index (χ1v) is 10.5. The van der Waals surface area contributed by atoms with Gasteiger partial charge in [0.15, 0.2) is 15.3 Å². The Kier molecular flexibility index (Phi) is 5.29. The van der Waals surface area contributed by atoms with Gasteiger partial charge in [0.25, 0.3) is 0 Å². The highest BCUT2D eigenvalue weighted by molar-refractivity contribution is 7.91. The Morgan fingerprint density at radius 2 is 2.00 bits per heavy atom. The number of nitrogens with zero attached hydrogens (tertiary/aromatic N) is 3. The van der Waals surface area contributed by atoms with Crippen molar-refractivity contribution < 1.29 is 13.2 Å². The highest BCUT2D eigenvalue weighted by Crippen LogP contribution is 2.23. The van der Waals surface area contributed by atoms with Crippen LogP contribution in [0.5, 0.6) is 5.88 Å². The van der Waals surface area contributed by atoms with E-state index < -0.39 is 9.84 Å².